The van der Waals surface area contributed by atoms with Crippen molar-refractivity contribution in [3.05, 3.63) is 564 Å². The summed E-state index contributed by atoms with van der Waals surface area (Å²) in [7, 11) is 0. The molecule has 0 fully saturated rings. The van der Waals surface area contributed by atoms with E-state index in [9.17, 15) is 0 Å². The van der Waals surface area contributed by atoms with E-state index in [2.05, 4.69) is 589 Å². The standard InChI is InChI=1S/C140H93B2N5S/c1-9-44-94(45-10-1)102-58-41-60-104(86-102)114-72-43-73-115(105-61-42-59-103(87-105)95-46-11-2-12-47-95)140(114)147-130-93-134-123(92-122(130)141-121-75-34-40-81-129(121)146(127-79-38-32-67-113(127)99-54-19-6-20-55-99)131-88-108(89-132(147)138(131)141)143(106-62-23-8-24-63-106)124-76-35-29-64-110(124)96-48-13-3-14-49-96)142-120-74-33-39-80-128(120)144(107-84-82-101(83-85-107)137-118-70-27-25-68-116(118)136(100-56-21-7-22-57-100)117-69-26-28-71-119(117)137)133-90-109(91-135(148-134)139(133)142)145(125-77-36-30-65-111(125)97-50-15-4-16-51-97)126-78-37-31-66-112(126)98-52-17-5-18-53-98/h1-93H. The quantitative estimate of drug-likeness (QED) is 0.0588. The fourth-order valence-corrected chi connectivity index (χ4v) is 25.3. The predicted molar refractivity (Wildman–Crippen MR) is 629 cm³/mol. The lowest BCUT2D eigenvalue weighted by molar-refractivity contribution is 1.22. The van der Waals surface area contributed by atoms with Crippen molar-refractivity contribution in [3.63, 3.8) is 0 Å². The Morgan fingerprint density at radius 1 is 0.169 bits per heavy atom. The smallest absolute Gasteiger partial charge is 0.252 e. The van der Waals surface area contributed by atoms with E-state index in [1.165, 1.54) is 71.0 Å². The molecule has 0 aromatic heterocycles. The van der Waals surface area contributed by atoms with Crippen LogP contribution in [-0.2, 0) is 0 Å². The number of benzene rings is 24. The molecule has 4 heterocycles. The van der Waals surface area contributed by atoms with Crippen LogP contribution in [0.5, 0.6) is 0 Å². The van der Waals surface area contributed by atoms with Crippen molar-refractivity contribution >= 4 is 165 Å². The van der Waals surface area contributed by atoms with Gasteiger partial charge in [0.1, 0.15) is 0 Å². The molecule has 24 aromatic carbocycles. The second-order valence-corrected chi connectivity index (χ2v) is 39.8. The lowest BCUT2D eigenvalue weighted by Gasteiger charge is -2.47. The zero-order valence-electron chi connectivity index (χ0n) is 81.0. The fraction of sp³-hybridized carbons (Fsp3) is 0. The number of hydrogen-bond acceptors (Lipinski definition) is 6. The van der Waals surface area contributed by atoms with Crippen LogP contribution in [-0.4, -0.2) is 13.4 Å². The van der Waals surface area contributed by atoms with Crippen LogP contribution in [0.25, 0.3) is 133 Å². The molecule has 690 valence electrons. The zero-order valence-corrected chi connectivity index (χ0v) is 81.8. The van der Waals surface area contributed by atoms with Crippen LogP contribution in [0.15, 0.2) is 574 Å². The highest BCUT2D eigenvalue weighted by Gasteiger charge is 2.49. The maximum absolute atomic E-state index is 2.76. The van der Waals surface area contributed by atoms with Crippen LogP contribution in [0.2, 0.25) is 0 Å². The summed E-state index contributed by atoms with van der Waals surface area (Å²) in [5, 5.41) is 4.86. The summed E-state index contributed by atoms with van der Waals surface area (Å²) < 4.78 is 0. The summed E-state index contributed by atoms with van der Waals surface area (Å²) in [6.07, 6.45) is 0. The molecule has 0 spiro atoms. The molecule has 0 saturated heterocycles. The maximum Gasteiger partial charge on any atom is 0.252 e. The number of para-hydroxylation sites is 8. The molecule has 8 heteroatoms. The van der Waals surface area contributed by atoms with Crippen molar-refractivity contribution in [1.82, 2.24) is 0 Å². The normalized spacial score (nSPS) is 12.4. The summed E-state index contributed by atoms with van der Waals surface area (Å²) in [5.74, 6) is 0. The minimum Gasteiger partial charge on any atom is -0.311 e. The highest BCUT2D eigenvalue weighted by molar-refractivity contribution is 8.00. The molecule has 24 aromatic rings. The fourth-order valence-electron chi connectivity index (χ4n) is 24.1. The Labute approximate surface area is 868 Å². The molecular formula is C140H93B2N5S. The Morgan fingerprint density at radius 3 is 0.993 bits per heavy atom. The lowest BCUT2D eigenvalue weighted by Crippen LogP contribution is -2.64. The van der Waals surface area contributed by atoms with Gasteiger partial charge in [-0.3, -0.25) is 0 Å². The third-order valence-corrected chi connectivity index (χ3v) is 31.6. The van der Waals surface area contributed by atoms with Crippen LogP contribution in [0.3, 0.4) is 0 Å². The van der Waals surface area contributed by atoms with E-state index in [4.69, 9.17) is 0 Å². The Hall–Kier alpha value is -18.7. The van der Waals surface area contributed by atoms with Gasteiger partial charge >= 0.3 is 0 Å². The SMILES string of the molecule is c1ccc(-c2cccc(-c3cccc(-c4cccc(-c5ccccc5)c4)c3N3c4cc5c(cc4B4c6ccccc6N(c6ccccc6-c6ccccc6)c6cc(N(c7ccccc7)c7ccccc7-c7ccccc7)cc3c64)B3c4ccccc4N(c4ccc(-c6c7ccccc7c(-c7ccccc7)c7ccccc67)cc4)c4cc(N(c6ccccc6-c6ccccc6)c6ccccc6-c6ccccc6)cc(c43)S5)c2)cc1. The molecule has 28 rings (SSSR count). The van der Waals surface area contributed by atoms with Crippen LogP contribution >= 0.6 is 11.8 Å². The Balaban J connectivity index is 0.748. The first-order valence-corrected chi connectivity index (χ1v) is 51.9. The van der Waals surface area contributed by atoms with Gasteiger partial charge in [0, 0.05) is 94.4 Å². The van der Waals surface area contributed by atoms with Crippen molar-refractivity contribution in [2.75, 3.05) is 24.5 Å². The van der Waals surface area contributed by atoms with Crippen LogP contribution in [0.4, 0.5) is 85.3 Å². The van der Waals surface area contributed by atoms with Crippen LogP contribution in [0, 0.1) is 0 Å². The molecule has 148 heavy (non-hydrogen) atoms. The Bertz CT molecular complexity index is 9040. The first kappa shape index (κ1) is 87.1. The van der Waals surface area contributed by atoms with E-state index in [0.717, 1.165) is 190 Å². The van der Waals surface area contributed by atoms with Gasteiger partial charge in [-0.05, 0) is 230 Å². The summed E-state index contributed by atoms with van der Waals surface area (Å²) >= 11 is 1.91. The van der Waals surface area contributed by atoms with Gasteiger partial charge in [-0.25, -0.2) is 0 Å². The molecule has 5 nitrogen and oxygen atoms in total. The summed E-state index contributed by atoms with van der Waals surface area (Å²) in [4.78, 5) is 15.4. The molecule has 0 unspecified atom stereocenters. The third-order valence-electron chi connectivity index (χ3n) is 30.4. The molecule has 4 aliphatic heterocycles. The molecule has 4 aliphatic rings. The number of anilines is 15. The number of fused-ring (bicyclic) bond motifs is 10. The van der Waals surface area contributed by atoms with Gasteiger partial charge in [0.2, 0.25) is 6.71 Å². The van der Waals surface area contributed by atoms with E-state index >= 15 is 0 Å². The molecule has 0 radical (unpaired) electrons. The second kappa shape index (κ2) is 36.9. The number of rotatable bonds is 19. The summed E-state index contributed by atoms with van der Waals surface area (Å²) in [5.41, 5.74) is 45.8. The van der Waals surface area contributed by atoms with Crippen molar-refractivity contribution < 1.29 is 0 Å². The number of hydrogen-bond donors (Lipinski definition) is 0. The largest absolute Gasteiger partial charge is 0.311 e. The van der Waals surface area contributed by atoms with E-state index in [0.29, 0.717) is 0 Å². The van der Waals surface area contributed by atoms with Gasteiger partial charge < -0.3 is 24.5 Å². The monoisotopic (exact) mass is 1900 g/mol. The average molecular weight is 1900 g/mol. The van der Waals surface area contributed by atoms with Crippen LogP contribution in [0.1, 0.15) is 0 Å². The molecule has 0 aliphatic carbocycles. The second-order valence-electron chi connectivity index (χ2n) is 38.7. The van der Waals surface area contributed by atoms with Crippen molar-refractivity contribution in [2.24, 2.45) is 0 Å². The third kappa shape index (κ3) is 14.9. The molecule has 0 N–H and O–H groups in total. The van der Waals surface area contributed by atoms with E-state index in [1.807, 2.05) is 11.8 Å². The minimum absolute atomic E-state index is 0.298. The van der Waals surface area contributed by atoms with Crippen molar-refractivity contribution in [1.29, 1.82) is 0 Å². The minimum atomic E-state index is -0.360. The first-order chi connectivity index (χ1) is 73.5. The Kier molecular flexibility index (Phi) is 21.7. The van der Waals surface area contributed by atoms with E-state index < -0.39 is 0 Å². The van der Waals surface area contributed by atoms with Gasteiger partial charge in [-0.2, -0.15) is 0 Å². The molecular weight excluding hydrogens is 1810 g/mol. The summed E-state index contributed by atoms with van der Waals surface area (Å²) in [6, 6.07) is 212. The summed E-state index contributed by atoms with van der Waals surface area (Å²) in [6.45, 7) is -0.658. The average Bonchev–Trinajstić information content (AvgIpc) is 0.681. The first-order valence-electron chi connectivity index (χ1n) is 51.1. The molecule has 0 atom stereocenters. The lowest BCUT2D eigenvalue weighted by atomic mass is 9.31. The highest BCUT2D eigenvalue weighted by atomic mass is 32.2. The highest BCUT2D eigenvalue weighted by Crippen LogP contribution is 2.58. The maximum atomic E-state index is 2.76. The van der Waals surface area contributed by atoms with Crippen molar-refractivity contribution in [3.8, 4) is 111 Å². The molecule has 0 saturated carbocycles. The van der Waals surface area contributed by atoms with Crippen LogP contribution < -0.4 is 57.3 Å². The predicted octanol–water partition coefficient (Wildman–Crippen LogP) is 34.4. The van der Waals surface area contributed by atoms with Gasteiger partial charge in [0.15, 0.2) is 0 Å². The van der Waals surface area contributed by atoms with Gasteiger partial charge in [-0.15, -0.1) is 0 Å². The van der Waals surface area contributed by atoms with E-state index in [-0.39, 0.29) is 13.4 Å². The zero-order chi connectivity index (χ0) is 97.6. The van der Waals surface area contributed by atoms with E-state index in [1.54, 1.807) is 0 Å². The van der Waals surface area contributed by atoms with Gasteiger partial charge in [-0.1, -0.05) is 478 Å². The number of nitrogens with zero attached hydrogens (tertiary/aromatic N) is 5. The Morgan fingerprint density at radius 2 is 0.507 bits per heavy atom. The topological polar surface area (TPSA) is 16.2 Å². The molecule has 0 amide bonds. The van der Waals surface area contributed by atoms with Gasteiger partial charge in [0.25, 0.3) is 6.71 Å². The van der Waals surface area contributed by atoms with Gasteiger partial charge in [0.05, 0.1) is 34.1 Å². The van der Waals surface area contributed by atoms with Crippen molar-refractivity contribution in [2.45, 2.75) is 9.79 Å². The molecule has 0 bridgehead atoms.